The van der Waals surface area contributed by atoms with E-state index < -0.39 is 0 Å². The highest BCUT2D eigenvalue weighted by atomic mass is 32.1. The Labute approximate surface area is 169 Å². The van der Waals surface area contributed by atoms with Crippen LogP contribution in [0.1, 0.15) is 28.2 Å². The summed E-state index contributed by atoms with van der Waals surface area (Å²) in [4.78, 5) is 23.0. The summed E-state index contributed by atoms with van der Waals surface area (Å²) >= 11 is 1.79. The molecule has 0 radical (unpaired) electrons. The molecule has 9 heteroatoms. The Morgan fingerprint density at radius 1 is 1.36 bits per heavy atom. The molecule has 0 spiro atoms. The molecule has 2 aliphatic heterocycles. The zero-order valence-corrected chi connectivity index (χ0v) is 17.2. The number of nitrogens with zero attached hydrogens (tertiary/aromatic N) is 5. The first kappa shape index (κ1) is 19.4. The predicted octanol–water partition coefficient (Wildman–Crippen LogP) is 1.36. The number of carbonyl (C=O) groups is 1. The van der Waals surface area contributed by atoms with E-state index in [9.17, 15) is 4.79 Å². The van der Waals surface area contributed by atoms with Crippen LogP contribution in [-0.2, 0) is 18.3 Å². The van der Waals surface area contributed by atoms with Crippen LogP contribution in [0.2, 0.25) is 0 Å². The van der Waals surface area contributed by atoms with E-state index in [1.165, 1.54) is 11.3 Å². The summed E-state index contributed by atoms with van der Waals surface area (Å²) in [6, 6.07) is 1.75. The molecule has 28 heavy (non-hydrogen) atoms. The molecule has 2 saturated heterocycles. The number of nitrogens with one attached hydrogen (secondary N) is 1. The van der Waals surface area contributed by atoms with Crippen molar-refractivity contribution in [2.24, 2.45) is 13.0 Å². The number of thiazole rings is 1. The lowest BCUT2D eigenvalue weighted by atomic mass is 9.98. The number of morpholine rings is 1. The number of carbonyl (C=O) groups excluding carboxylic acids is 1. The van der Waals surface area contributed by atoms with Crippen molar-refractivity contribution in [1.82, 2.24) is 25.0 Å². The second-order valence-electron chi connectivity index (χ2n) is 7.50. The van der Waals surface area contributed by atoms with Crippen LogP contribution in [0.15, 0.2) is 18.5 Å². The largest absolute Gasteiger partial charge is 0.378 e. The van der Waals surface area contributed by atoms with Crippen LogP contribution >= 0.6 is 11.3 Å². The van der Waals surface area contributed by atoms with E-state index in [2.05, 4.69) is 25.2 Å². The van der Waals surface area contributed by atoms with Crippen molar-refractivity contribution in [3.63, 3.8) is 0 Å². The summed E-state index contributed by atoms with van der Waals surface area (Å²) in [6.07, 6.45) is 5.99. The Morgan fingerprint density at radius 2 is 2.21 bits per heavy atom. The van der Waals surface area contributed by atoms with Crippen molar-refractivity contribution in [3.05, 3.63) is 29.0 Å². The van der Waals surface area contributed by atoms with Crippen molar-refractivity contribution in [2.75, 3.05) is 50.8 Å². The van der Waals surface area contributed by atoms with E-state index in [0.29, 0.717) is 18.2 Å². The molecule has 152 valence electrons. The number of ether oxygens (including phenoxy) is 1. The summed E-state index contributed by atoms with van der Waals surface area (Å²) in [7, 11) is 1.79. The van der Waals surface area contributed by atoms with E-state index >= 15 is 0 Å². The fourth-order valence-corrected chi connectivity index (χ4v) is 4.88. The molecule has 0 aromatic carbocycles. The van der Waals surface area contributed by atoms with Crippen LogP contribution in [0.3, 0.4) is 0 Å². The first-order valence-corrected chi connectivity index (χ1v) is 10.8. The number of aromatic nitrogens is 3. The number of amides is 1. The Kier molecular flexibility index (Phi) is 6.23. The molecule has 0 bridgehead atoms. The van der Waals surface area contributed by atoms with Crippen molar-refractivity contribution in [3.8, 4) is 0 Å². The molecule has 1 N–H and O–H groups in total. The minimum Gasteiger partial charge on any atom is -0.378 e. The number of anilines is 1. The SMILES string of the molecule is Cn1nccc1C(=O)NCC1CCCN(Cc2cnc(N3CCOCC3)s2)C1. The lowest BCUT2D eigenvalue weighted by molar-refractivity contribution is 0.0921. The summed E-state index contributed by atoms with van der Waals surface area (Å²) < 4.78 is 7.03. The third kappa shape index (κ3) is 4.71. The number of rotatable bonds is 6. The van der Waals surface area contributed by atoms with Crippen molar-refractivity contribution in [1.29, 1.82) is 0 Å². The van der Waals surface area contributed by atoms with E-state index in [-0.39, 0.29) is 5.91 Å². The van der Waals surface area contributed by atoms with Gasteiger partial charge in [0.1, 0.15) is 5.69 Å². The molecule has 1 atom stereocenters. The fourth-order valence-electron chi connectivity index (χ4n) is 3.88. The first-order chi connectivity index (χ1) is 13.7. The minimum atomic E-state index is -0.0465. The van der Waals surface area contributed by atoms with Gasteiger partial charge in [-0.15, -0.1) is 11.3 Å². The molecule has 4 rings (SSSR count). The highest BCUT2D eigenvalue weighted by Gasteiger charge is 2.22. The summed E-state index contributed by atoms with van der Waals surface area (Å²) in [5, 5.41) is 8.24. The smallest absolute Gasteiger partial charge is 0.269 e. The predicted molar refractivity (Wildman–Crippen MR) is 109 cm³/mol. The molecular weight excluding hydrogens is 376 g/mol. The van der Waals surface area contributed by atoms with Crippen LogP contribution < -0.4 is 10.2 Å². The third-order valence-corrected chi connectivity index (χ3v) is 6.45. The molecule has 2 aromatic rings. The monoisotopic (exact) mass is 404 g/mol. The lowest BCUT2D eigenvalue weighted by Gasteiger charge is -2.32. The van der Waals surface area contributed by atoms with Crippen molar-refractivity contribution < 1.29 is 9.53 Å². The van der Waals surface area contributed by atoms with Crippen LogP contribution in [-0.4, -0.2) is 71.5 Å². The number of piperidine rings is 1. The van der Waals surface area contributed by atoms with E-state index in [1.807, 2.05) is 6.20 Å². The quantitative estimate of drug-likeness (QED) is 0.784. The van der Waals surface area contributed by atoms with Gasteiger partial charge in [-0.2, -0.15) is 5.10 Å². The van der Waals surface area contributed by atoms with E-state index in [4.69, 9.17) is 4.74 Å². The maximum atomic E-state index is 12.3. The van der Waals surface area contributed by atoms with Gasteiger partial charge in [-0.25, -0.2) is 4.98 Å². The number of aryl methyl sites for hydroxylation is 1. The average Bonchev–Trinajstić information content (AvgIpc) is 3.36. The molecular formula is C19H28N6O2S. The van der Waals surface area contributed by atoms with Crippen LogP contribution in [0.4, 0.5) is 5.13 Å². The number of hydrogen-bond acceptors (Lipinski definition) is 7. The maximum absolute atomic E-state index is 12.3. The summed E-state index contributed by atoms with van der Waals surface area (Å²) in [5.74, 6) is 0.437. The zero-order chi connectivity index (χ0) is 19.3. The minimum absolute atomic E-state index is 0.0465. The van der Waals surface area contributed by atoms with Gasteiger partial charge in [0.05, 0.1) is 13.2 Å². The van der Waals surface area contributed by atoms with Gasteiger partial charge < -0.3 is 15.0 Å². The fraction of sp³-hybridized carbons (Fsp3) is 0.632. The Balaban J connectivity index is 1.26. The van der Waals surface area contributed by atoms with Gasteiger partial charge in [0, 0.05) is 57.0 Å². The number of hydrogen-bond donors (Lipinski definition) is 1. The van der Waals surface area contributed by atoms with Crippen LogP contribution in [0.5, 0.6) is 0 Å². The highest BCUT2D eigenvalue weighted by molar-refractivity contribution is 7.15. The van der Waals surface area contributed by atoms with Gasteiger partial charge in [-0.05, 0) is 31.4 Å². The maximum Gasteiger partial charge on any atom is 0.269 e. The Hall–Kier alpha value is -1.97. The Bertz CT molecular complexity index is 785. The molecule has 2 aliphatic rings. The van der Waals surface area contributed by atoms with Gasteiger partial charge >= 0.3 is 0 Å². The van der Waals surface area contributed by atoms with Crippen molar-refractivity contribution >= 4 is 22.4 Å². The number of likely N-dealkylation sites (tertiary alicyclic amines) is 1. The molecule has 0 aliphatic carbocycles. The van der Waals surface area contributed by atoms with Gasteiger partial charge in [0.15, 0.2) is 5.13 Å². The molecule has 2 aromatic heterocycles. The second kappa shape index (κ2) is 9.02. The van der Waals surface area contributed by atoms with Gasteiger partial charge in [0.2, 0.25) is 0 Å². The zero-order valence-electron chi connectivity index (χ0n) is 16.3. The van der Waals surface area contributed by atoms with Crippen molar-refractivity contribution in [2.45, 2.75) is 19.4 Å². The highest BCUT2D eigenvalue weighted by Crippen LogP contribution is 2.26. The first-order valence-electron chi connectivity index (χ1n) is 9.95. The Morgan fingerprint density at radius 3 is 3.00 bits per heavy atom. The third-order valence-electron chi connectivity index (χ3n) is 5.41. The van der Waals surface area contributed by atoms with Crippen LogP contribution in [0.25, 0.3) is 0 Å². The molecule has 4 heterocycles. The van der Waals surface area contributed by atoms with E-state index in [1.54, 1.807) is 35.3 Å². The van der Waals surface area contributed by atoms with Gasteiger partial charge in [0.25, 0.3) is 5.91 Å². The summed E-state index contributed by atoms with van der Waals surface area (Å²) in [6.45, 7) is 7.19. The molecule has 1 amide bonds. The van der Waals surface area contributed by atoms with Crippen LogP contribution in [0, 0.1) is 5.92 Å². The lowest BCUT2D eigenvalue weighted by Crippen LogP contribution is -2.40. The topological polar surface area (TPSA) is 75.5 Å². The normalized spacial score (nSPS) is 21.0. The molecule has 1 unspecified atom stereocenters. The molecule has 0 saturated carbocycles. The van der Waals surface area contributed by atoms with E-state index in [0.717, 1.165) is 57.5 Å². The summed E-state index contributed by atoms with van der Waals surface area (Å²) in [5.41, 5.74) is 0.605. The average molecular weight is 405 g/mol. The van der Waals surface area contributed by atoms with Gasteiger partial charge in [-0.1, -0.05) is 0 Å². The van der Waals surface area contributed by atoms with Gasteiger partial charge in [-0.3, -0.25) is 14.4 Å². The standard InChI is InChI=1S/C19H28N6O2S/c1-23-17(4-5-22-23)18(26)20-11-15-3-2-6-24(13-15)14-16-12-21-19(28-16)25-7-9-27-10-8-25/h4-5,12,15H,2-3,6-11,13-14H2,1H3,(H,20,26). The second-order valence-corrected chi connectivity index (χ2v) is 8.60. The molecule has 8 nitrogen and oxygen atoms in total. The molecule has 2 fully saturated rings.